The summed E-state index contributed by atoms with van der Waals surface area (Å²) in [7, 11) is 0. The third kappa shape index (κ3) is 5.55. The molecule has 1 aromatic carbocycles. The summed E-state index contributed by atoms with van der Waals surface area (Å²) in [5.41, 5.74) is 0.557. The highest BCUT2D eigenvalue weighted by molar-refractivity contribution is 5.66. The number of nitro groups is 1. The Kier molecular flexibility index (Phi) is 6.28. The van der Waals surface area contributed by atoms with E-state index < -0.39 is 10.9 Å². The zero-order valence-electron chi connectivity index (χ0n) is 11.3. The molecule has 0 aliphatic rings. The van der Waals surface area contributed by atoms with E-state index in [-0.39, 0.29) is 12.1 Å². The Morgan fingerprint density at radius 1 is 1.40 bits per heavy atom. The Hall–Kier alpha value is -2.31. The van der Waals surface area contributed by atoms with Crippen molar-refractivity contribution < 1.29 is 19.6 Å². The summed E-state index contributed by atoms with van der Waals surface area (Å²) in [6.07, 6.45) is 1.37. The molecule has 0 amide bonds. The number of non-ortho nitro benzene ring substituents is 1. The van der Waals surface area contributed by atoms with Crippen LogP contribution in [0.4, 0.5) is 11.4 Å². The van der Waals surface area contributed by atoms with Crippen molar-refractivity contribution in [2.24, 2.45) is 0 Å². The molecule has 0 fully saturated rings. The van der Waals surface area contributed by atoms with Crippen LogP contribution in [-0.2, 0) is 4.79 Å². The molecule has 0 unspecified atom stereocenters. The SMILES string of the molecule is CCOc1cc(NCCCCC(=O)O)cc([N+](=O)[O-])c1. The number of nitro benzene ring substituents is 1. The number of carbonyl (C=O) groups is 1. The van der Waals surface area contributed by atoms with Gasteiger partial charge in [0, 0.05) is 30.8 Å². The summed E-state index contributed by atoms with van der Waals surface area (Å²) in [6, 6.07) is 4.49. The predicted molar refractivity (Wildman–Crippen MR) is 74.2 cm³/mol. The van der Waals surface area contributed by atoms with Crippen LogP contribution in [0.3, 0.4) is 0 Å². The summed E-state index contributed by atoms with van der Waals surface area (Å²) in [5, 5.41) is 22.4. The van der Waals surface area contributed by atoms with Crippen LogP contribution < -0.4 is 10.1 Å². The number of hydrogen-bond donors (Lipinski definition) is 2. The van der Waals surface area contributed by atoms with Crippen LogP contribution in [0.5, 0.6) is 5.75 Å². The molecule has 110 valence electrons. The monoisotopic (exact) mass is 282 g/mol. The number of carboxylic acids is 1. The molecular formula is C13H18N2O5. The van der Waals surface area contributed by atoms with Gasteiger partial charge in [0.25, 0.3) is 5.69 Å². The van der Waals surface area contributed by atoms with Crippen LogP contribution in [-0.4, -0.2) is 29.2 Å². The maximum Gasteiger partial charge on any atom is 0.303 e. The molecule has 0 aliphatic heterocycles. The van der Waals surface area contributed by atoms with E-state index in [1.54, 1.807) is 13.0 Å². The molecule has 0 radical (unpaired) electrons. The van der Waals surface area contributed by atoms with Crippen molar-refractivity contribution in [3.63, 3.8) is 0 Å². The minimum Gasteiger partial charge on any atom is -0.494 e. The van der Waals surface area contributed by atoms with Crippen LogP contribution in [0.25, 0.3) is 0 Å². The Labute approximate surface area is 116 Å². The second-order valence-electron chi connectivity index (χ2n) is 4.18. The van der Waals surface area contributed by atoms with E-state index in [4.69, 9.17) is 9.84 Å². The summed E-state index contributed by atoms with van der Waals surface area (Å²) in [6.45, 7) is 2.79. The zero-order valence-corrected chi connectivity index (χ0v) is 11.3. The largest absolute Gasteiger partial charge is 0.494 e. The topological polar surface area (TPSA) is 102 Å². The summed E-state index contributed by atoms with van der Waals surface area (Å²) in [5.74, 6) is -0.381. The van der Waals surface area contributed by atoms with E-state index >= 15 is 0 Å². The van der Waals surface area contributed by atoms with Crippen molar-refractivity contribution in [3.8, 4) is 5.75 Å². The van der Waals surface area contributed by atoms with Crippen molar-refractivity contribution in [3.05, 3.63) is 28.3 Å². The fourth-order valence-corrected chi connectivity index (χ4v) is 1.67. The lowest BCUT2D eigenvalue weighted by atomic mass is 10.2. The van der Waals surface area contributed by atoms with Crippen molar-refractivity contribution >= 4 is 17.3 Å². The van der Waals surface area contributed by atoms with Gasteiger partial charge in [-0.25, -0.2) is 0 Å². The van der Waals surface area contributed by atoms with Crippen LogP contribution in [0, 0.1) is 10.1 Å². The minimum absolute atomic E-state index is 0.0380. The predicted octanol–water partition coefficient (Wildman–Crippen LogP) is 2.66. The standard InChI is InChI=1S/C13H18N2O5/c1-2-20-12-8-10(7-11(9-12)15(18)19)14-6-4-3-5-13(16)17/h7-9,14H,2-6H2,1H3,(H,16,17). The summed E-state index contributed by atoms with van der Waals surface area (Å²) in [4.78, 5) is 20.7. The number of carboxylic acid groups (broad SMARTS) is 1. The Balaban J connectivity index is 2.59. The third-order valence-electron chi connectivity index (χ3n) is 2.56. The fraction of sp³-hybridized carbons (Fsp3) is 0.462. The van der Waals surface area contributed by atoms with Gasteiger partial charge in [0.05, 0.1) is 17.6 Å². The van der Waals surface area contributed by atoms with E-state index in [0.29, 0.717) is 37.4 Å². The lowest BCUT2D eigenvalue weighted by molar-refractivity contribution is -0.384. The van der Waals surface area contributed by atoms with E-state index in [9.17, 15) is 14.9 Å². The van der Waals surface area contributed by atoms with Gasteiger partial charge in [0.15, 0.2) is 0 Å². The first-order valence-electron chi connectivity index (χ1n) is 6.41. The molecule has 0 spiro atoms. The smallest absolute Gasteiger partial charge is 0.303 e. The molecule has 0 aromatic heterocycles. The van der Waals surface area contributed by atoms with Crippen molar-refractivity contribution in [2.75, 3.05) is 18.5 Å². The quantitative estimate of drug-likeness (QED) is 0.410. The van der Waals surface area contributed by atoms with Gasteiger partial charge < -0.3 is 15.2 Å². The number of nitrogens with zero attached hydrogens (tertiary/aromatic N) is 1. The average Bonchev–Trinajstić information content (AvgIpc) is 2.38. The van der Waals surface area contributed by atoms with Gasteiger partial charge in [0.2, 0.25) is 0 Å². The number of benzene rings is 1. The number of ether oxygens (including phenoxy) is 1. The third-order valence-corrected chi connectivity index (χ3v) is 2.56. The summed E-state index contributed by atoms with van der Waals surface area (Å²) < 4.78 is 5.27. The number of unbranched alkanes of at least 4 members (excludes halogenated alkanes) is 1. The van der Waals surface area contributed by atoms with Gasteiger partial charge >= 0.3 is 5.97 Å². The number of hydrogen-bond acceptors (Lipinski definition) is 5. The first-order valence-corrected chi connectivity index (χ1v) is 6.41. The van der Waals surface area contributed by atoms with Gasteiger partial charge in [0.1, 0.15) is 5.75 Å². The average molecular weight is 282 g/mol. The first kappa shape index (κ1) is 15.7. The second kappa shape index (κ2) is 7.98. The minimum atomic E-state index is -0.820. The molecule has 1 aromatic rings. The molecular weight excluding hydrogens is 264 g/mol. The number of anilines is 1. The molecule has 0 saturated carbocycles. The molecule has 0 heterocycles. The number of rotatable bonds is 9. The maximum absolute atomic E-state index is 10.8. The van der Waals surface area contributed by atoms with Gasteiger partial charge in [-0.15, -0.1) is 0 Å². The van der Waals surface area contributed by atoms with Gasteiger partial charge in [-0.1, -0.05) is 0 Å². The Bertz CT molecular complexity index is 476. The van der Waals surface area contributed by atoms with Crippen molar-refractivity contribution in [2.45, 2.75) is 26.2 Å². The lowest BCUT2D eigenvalue weighted by Crippen LogP contribution is -2.04. The van der Waals surface area contributed by atoms with E-state index in [0.717, 1.165) is 0 Å². The molecule has 2 N–H and O–H groups in total. The van der Waals surface area contributed by atoms with E-state index in [1.165, 1.54) is 12.1 Å². The fourth-order valence-electron chi connectivity index (χ4n) is 1.67. The number of nitrogens with one attached hydrogen (secondary N) is 1. The molecule has 0 aliphatic carbocycles. The zero-order chi connectivity index (χ0) is 15.0. The van der Waals surface area contributed by atoms with Crippen LogP contribution in [0.2, 0.25) is 0 Å². The molecule has 0 saturated heterocycles. The van der Waals surface area contributed by atoms with Crippen molar-refractivity contribution in [1.82, 2.24) is 0 Å². The normalized spacial score (nSPS) is 10.1. The molecule has 0 bridgehead atoms. The van der Waals surface area contributed by atoms with E-state index in [1.807, 2.05) is 0 Å². The highest BCUT2D eigenvalue weighted by Gasteiger charge is 2.10. The Morgan fingerprint density at radius 2 is 2.15 bits per heavy atom. The van der Waals surface area contributed by atoms with Crippen molar-refractivity contribution in [1.29, 1.82) is 0 Å². The number of aliphatic carboxylic acids is 1. The Morgan fingerprint density at radius 3 is 2.75 bits per heavy atom. The van der Waals surface area contributed by atoms with Gasteiger partial charge in [-0.2, -0.15) is 0 Å². The van der Waals surface area contributed by atoms with Crippen LogP contribution in [0.1, 0.15) is 26.2 Å². The van der Waals surface area contributed by atoms with E-state index in [2.05, 4.69) is 5.32 Å². The molecule has 1 rings (SSSR count). The molecule has 7 nitrogen and oxygen atoms in total. The first-order chi connectivity index (χ1) is 9.52. The molecule has 0 atom stereocenters. The highest BCUT2D eigenvalue weighted by atomic mass is 16.6. The van der Waals surface area contributed by atoms with Gasteiger partial charge in [-0.05, 0) is 19.8 Å². The summed E-state index contributed by atoms with van der Waals surface area (Å²) >= 11 is 0. The molecule has 7 heteroatoms. The van der Waals surface area contributed by atoms with Gasteiger partial charge in [-0.3, -0.25) is 14.9 Å². The molecule has 20 heavy (non-hydrogen) atoms. The second-order valence-corrected chi connectivity index (χ2v) is 4.18. The van der Waals surface area contributed by atoms with Crippen LogP contribution >= 0.6 is 0 Å². The lowest BCUT2D eigenvalue weighted by Gasteiger charge is -2.09. The highest BCUT2D eigenvalue weighted by Crippen LogP contribution is 2.26. The maximum atomic E-state index is 10.8. The van der Waals surface area contributed by atoms with Crippen LogP contribution in [0.15, 0.2) is 18.2 Å².